The number of ether oxygens (including phenoxy) is 2. The van der Waals surface area contributed by atoms with Crippen LogP contribution in [0.25, 0.3) is 10.2 Å². The van der Waals surface area contributed by atoms with E-state index in [1.54, 1.807) is 6.92 Å². The number of nitrogens with one attached hydrogen (secondary N) is 2. The monoisotopic (exact) mass is 363 g/mol. The normalized spacial score (nSPS) is 23.7. The number of aromatic nitrogens is 2. The molecule has 7 nitrogen and oxygen atoms in total. The van der Waals surface area contributed by atoms with Crippen LogP contribution in [0.4, 0.5) is 0 Å². The number of aromatic amines is 1. The summed E-state index contributed by atoms with van der Waals surface area (Å²) in [7, 11) is 0. The zero-order valence-corrected chi connectivity index (χ0v) is 14.9. The third-order valence-corrected chi connectivity index (χ3v) is 5.99. The second-order valence-corrected chi connectivity index (χ2v) is 7.73. The topological polar surface area (TPSA) is 93.3 Å². The first-order chi connectivity index (χ1) is 12.1. The highest BCUT2D eigenvalue weighted by molar-refractivity contribution is 7.20. The van der Waals surface area contributed by atoms with Gasteiger partial charge in [-0.15, -0.1) is 11.3 Å². The van der Waals surface area contributed by atoms with Gasteiger partial charge >= 0.3 is 0 Å². The summed E-state index contributed by atoms with van der Waals surface area (Å²) >= 11 is 1.24. The van der Waals surface area contributed by atoms with Gasteiger partial charge in [0.25, 0.3) is 11.5 Å². The van der Waals surface area contributed by atoms with Gasteiger partial charge in [0.15, 0.2) is 0 Å². The van der Waals surface area contributed by atoms with Crippen molar-refractivity contribution >= 4 is 27.5 Å². The lowest BCUT2D eigenvalue weighted by molar-refractivity contribution is -0.0567. The molecular weight excluding hydrogens is 342 g/mol. The average molecular weight is 363 g/mol. The van der Waals surface area contributed by atoms with Crippen LogP contribution in [0.3, 0.4) is 0 Å². The van der Waals surface area contributed by atoms with Gasteiger partial charge < -0.3 is 19.8 Å². The van der Waals surface area contributed by atoms with Gasteiger partial charge in [-0.2, -0.15) is 0 Å². The second kappa shape index (κ2) is 6.86. The Labute approximate surface area is 148 Å². The molecule has 3 heterocycles. The molecule has 2 aromatic heterocycles. The Morgan fingerprint density at radius 3 is 3.08 bits per heavy atom. The summed E-state index contributed by atoms with van der Waals surface area (Å²) in [5.41, 5.74) is 0.448. The van der Waals surface area contributed by atoms with E-state index >= 15 is 0 Å². The number of H-pyrrole nitrogens is 1. The number of aryl methyl sites for hydroxylation is 1. The van der Waals surface area contributed by atoms with Gasteiger partial charge in [0.1, 0.15) is 4.83 Å². The fourth-order valence-electron chi connectivity index (χ4n) is 3.13. The van der Waals surface area contributed by atoms with Crippen LogP contribution in [0.15, 0.2) is 11.1 Å². The minimum atomic E-state index is -0.218. The summed E-state index contributed by atoms with van der Waals surface area (Å²) in [6.07, 6.45) is 4.60. The molecule has 2 aliphatic rings. The molecular formula is C17H21N3O4S. The van der Waals surface area contributed by atoms with Crippen LogP contribution in [0.1, 0.15) is 34.5 Å². The molecule has 1 amide bonds. The molecule has 4 rings (SSSR count). The lowest BCUT2D eigenvalue weighted by atomic mass is 10.1. The fourth-order valence-corrected chi connectivity index (χ4v) is 4.18. The van der Waals surface area contributed by atoms with Gasteiger partial charge in [-0.1, -0.05) is 0 Å². The molecule has 0 spiro atoms. The van der Waals surface area contributed by atoms with Crippen molar-refractivity contribution in [2.45, 2.75) is 38.3 Å². The molecule has 1 saturated carbocycles. The van der Waals surface area contributed by atoms with Crippen molar-refractivity contribution in [3.8, 4) is 0 Å². The van der Waals surface area contributed by atoms with Gasteiger partial charge in [0, 0.05) is 13.2 Å². The SMILES string of the molecule is Cc1c(C(=O)N[C@@H]2COCC[C@@H]2OCC2CC2)sc2nc[nH]c(=O)c12. The zero-order valence-electron chi connectivity index (χ0n) is 14.0. The van der Waals surface area contributed by atoms with Gasteiger partial charge in [-0.3, -0.25) is 9.59 Å². The standard InChI is InChI=1S/C17H21N3O4S/c1-9-13-15(21)18-8-19-17(13)25-14(9)16(22)20-11-7-23-5-4-12(11)24-6-10-2-3-10/h8,10-12H,2-7H2,1H3,(H,20,22)(H,18,19,21)/t11-,12+/m1/s1. The maximum Gasteiger partial charge on any atom is 0.262 e. The van der Waals surface area contributed by atoms with Gasteiger partial charge in [-0.25, -0.2) is 4.98 Å². The Morgan fingerprint density at radius 1 is 1.48 bits per heavy atom. The third-order valence-electron chi connectivity index (χ3n) is 4.79. The minimum absolute atomic E-state index is 0.0190. The lowest BCUT2D eigenvalue weighted by Gasteiger charge is -2.32. The fraction of sp³-hybridized carbons (Fsp3) is 0.588. The van der Waals surface area contributed by atoms with E-state index in [0.717, 1.165) is 13.0 Å². The van der Waals surface area contributed by atoms with E-state index < -0.39 is 0 Å². The number of amides is 1. The molecule has 2 N–H and O–H groups in total. The molecule has 0 unspecified atom stereocenters. The molecule has 1 saturated heterocycles. The van der Waals surface area contributed by atoms with Crippen molar-refractivity contribution < 1.29 is 14.3 Å². The highest BCUT2D eigenvalue weighted by Gasteiger charge is 2.31. The van der Waals surface area contributed by atoms with Crippen molar-refractivity contribution in [3.05, 3.63) is 27.1 Å². The van der Waals surface area contributed by atoms with E-state index in [-0.39, 0.29) is 23.6 Å². The third kappa shape index (κ3) is 3.47. The van der Waals surface area contributed by atoms with Crippen LogP contribution >= 0.6 is 11.3 Å². The Kier molecular flexibility index (Phi) is 4.58. The van der Waals surface area contributed by atoms with Crippen LogP contribution in [0.5, 0.6) is 0 Å². The van der Waals surface area contributed by atoms with E-state index in [1.165, 1.54) is 30.5 Å². The summed E-state index contributed by atoms with van der Waals surface area (Å²) in [6.45, 7) is 3.65. The predicted molar refractivity (Wildman–Crippen MR) is 94.1 cm³/mol. The number of carbonyl (C=O) groups excluding carboxylic acids is 1. The Balaban J connectivity index is 1.51. The largest absolute Gasteiger partial charge is 0.379 e. The van der Waals surface area contributed by atoms with Crippen molar-refractivity contribution in [2.24, 2.45) is 5.92 Å². The Bertz CT molecular complexity index is 842. The first-order valence-corrected chi connectivity index (χ1v) is 9.42. The Hall–Kier alpha value is -1.77. The summed E-state index contributed by atoms with van der Waals surface area (Å²) in [5.74, 6) is 0.484. The van der Waals surface area contributed by atoms with E-state index in [0.29, 0.717) is 39.8 Å². The van der Waals surface area contributed by atoms with E-state index in [2.05, 4.69) is 15.3 Å². The average Bonchev–Trinajstić information content (AvgIpc) is 3.37. The molecule has 0 aromatic carbocycles. The molecule has 0 radical (unpaired) electrons. The summed E-state index contributed by atoms with van der Waals surface area (Å²) in [6, 6.07) is -0.171. The maximum absolute atomic E-state index is 12.8. The van der Waals surface area contributed by atoms with E-state index in [4.69, 9.17) is 9.47 Å². The van der Waals surface area contributed by atoms with E-state index in [1.807, 2.05) is 0 Å². The van der Waals surface area contributed by atoms with Crippen molar-refractivity contribution in [1.82, 2.24) is 15.3 Å². The van der Waals surface area contributed by atoms with Gasteiger partial charge in [-0.05, 0) is 37.7 Å². The number of nitrogens with zero attached hydrogens (tertiary/aromatic N) is 1. The number of hydrogen-bond acceptors (Lipinski definition) is 6. The quantitative estimate of drug-likeness (QED) is 0.842. The number of fused-ring (bicyclic) bond motifs is 1. The molecule has 2 atom stereocenters. The van der Waals surface area contributed by atoms with Crippen LogP contribution < -0.4 is 10.9 Å². The van der Waals surface area contributed by atoms with Crippen LogP contribution in [0.2, 0.25) is 0 Å². The molecule has 2 fully saturated rings. The maximum atomic E-state index is 12.8. The van der Waals surface area contributed by atoms with Crippen LogP contribution in [0, 0.1) is 12.8 Å². The molecule has 134 valence electrons. The first-order valence-electron chi connectivity index (χ1n) is 8.60. The first kappa shape index (κ1) is 16.7. The number of carbonyl (C=O) groups is 1. The second-order valence-electron chi connectivity index (χ2n) is 6.73. The molecule has 25 heavy (non-hydrogen) atoms. The summed E-state index contributed by atoms with van der Waals surface area (Å²) < 4.78 is 11.5. The number of rotatable bonds is 5. The lowest BCUT2D eigenvalue weighted by Crippen LogP contribution is -2.50. The zero-order chi connectivity index (χ0) is 17.4. The summed E-state index contributed by atoms with van der Waals surface area (Å²) in [5, 5.41) is 3.52. The highest BCUT2D eigenvalue weighted by Crippen LogP contribution is 2.30. The van der Waals surface area contributed by atoms with Gasteiger partial charge in [0.05, 0.1) is 35.3 Å². The van der Waals surface area contributed by atoms with E-state index in [9.17, 15) is 9.59 Å². The van der Waals surface area contributed by atoms with Crippen LogP contribution in [-0.2, 0) is 9.47 Å². The number of hydrogen-bond donors (Lipinski definition) is 2. The van der Waals surface area contributed by atoms with Crippen molar-refractivity contribution in [1.29, 1.82) is 0 Å². The van der Waals surface area contributed by atoms with Gasteiger partial charge in [0.2, 0.25) is 0 Å². The van der Waals surface area contributed by atoms with Crippen molar-refractivity contribution in [2.75, 3.05) is 19.8 Å². The minimum Gasteiger partial charge on any atom is -0.379 e. The van der Waals surface area contributed by atoms with Crippen molar-refractivity contribution in [3.63, 3.8) is 0 Å². The molecule has 2 aromatic rings. The molecule has 1 aliphatic heterocycles. The summed E-state index contributed by atoms with van der Waals surface area (Å²) in [4.78, 5) is 32.5. The molecule has 1 aliphatic carbocycles. The molecule has 0 bridgehead atoms. The number of thiophene rings is 1. The predicted octanol–water partition coefficient (Wildman–Crippen LogP) is 1.61. The smallest absolute Gasteiger partial charge is 0.262 e. The molecule has 8 heteroatoms. The van der Waals surface area contributed by atoms with Crippen LogP contribution in [-0.4, -0.2) is 47.8 Å². The highest BCUT2D eigenvalue weighted by atomic mass is 32.1. The Morgan fingerprint density at radius 2 is 2.32 bits per heavy atom.